The van der Waals surface area contributed by atoms with Crippen molar-refractivity contribution in [2.45, 2.75) is 32.7 Å². The predicted octanol–water partition coefficient (Wildman–Crippen LogP) is 1.31. The van der Waals surface area contributed by atoms with Gasteiger partial charge in [-0.2, -0.15) is 0 Å². The van der Waals surface area contributed by atoms with E-state index in [9.17, 15) is 9.59 Å². The van der Waals surface area contributed by atoms with E-state index in [0.717, 1.165) is 31.9 Å². The van der Waals surface area contributed by atoms with E-state index < -0.39 is 0 Å². The topological polar surface area (TPSA) is 77.0 Å². The van der Waals surface area contributed by atoms with Crippen LogP contribution >= 0.6 is 24.0 Å². The molecule has 1 saturated heterocycles. The summed E-state index contributed by atoms with van der Waals surface area (Å²) in [7, 11) is 3.85. The standard InChI is InChI=1S/C20H33N5O2.HI/c1-13(2)24(4)11-9-23-20(21-3)22-8-5-10-25-18(26)16-14-6-7-15(12-14)17(16)19(25)27;/h6-7,13-17H,5,8-12H2,1-4H3,(H2,21,22,23);1H. The number of fused-ring (bicyclic) bond motifs is 5. The van der Waals surface area contributed by atoms with Gasteiger partial charge in [-0.25, -0.2) is 0 Å². The second-order valence-electron chi connectivity index (χ2n) is 8.18. The van der Waals surface area contributed by atoms with Crippen LogP contribution in [0.4, 0.5) is 0 Å². The zero-order valence-corrected chi connectivity index (χ0v) is 19.7. The van der Waals surface area contributed by atoms with E-state index in [1.165, 1.54) is 4.90 Å². The molecule has 158 valence electrons. The quantitative estimate of drug-likeness (QED) is 0.131. The predicted molar refractivity (Wildman–Crippen MR) is 122 cm³/mol. The third-order valence-corrected chi connectivity index (χ3v) is 6.27. The summed E-state index contributed by atoms with van der Waals surface area (Å²) in [6.07, 6.45) is 5.98. The fourth-order valence-electron chi connectivity index (χ4n) is 4.46. The van der Waals surface area contributed by atoms with Crippen LogP contribution in [0.15, 0.2) is 17.1 Å². The monoisotopic (exact) mass is 503 g/mol. The van der Waals surface area contributed by atoms with E-state index in [1.807, 2.05) is 0 Å². The number of aliphatic imine (C=N–C) groups is 1. The summed E-state index contributed by atoms with van der Waals surface area (Å²) in [5.74, 6) is 1.23. The van der Waals surface area contributed by atoms with Gasteiger partial charge >= 0.3 is 0 Å². The molecule has 2 bridgehead atoms. The Balaban J connectivity index is 0.00000280. The van der Waals surface area contributed by atoms with Crippen LogP contribution in [0.1, 0.15) is 26.7 Å². The molecule has 1 heterocycles. The van der Waals surface area contributed by atoms with Crippen LogP contribution in [0.2, 0.25) is 0 Å². The number of carbonyl (C=O) groups excluding carboxylic acids is 2. The molecule has 2 N–H and O–H groups in total. The molecule has 0 spiro atoms. The van der Waals surface area contributed by atoms with Crippen molar-refractivity contribution in [3.8, 4) is 0 Å². The zero-order valence-electron chi connectivity index (χ0n) is 17.4. The molecule has 0 aromatic rings. The number of allylic oxidation sites excluding steroid dienone is 2. The van der Waals surface area contributed by atoms with Crippen molar-refractivity contribution in [3.63, 3.8) is 0 Å². The van der Waals surface area contributed by atoms with Crippen molar-refractivity contribution < 1.29 is 9.59 Å². The third-order valence-electron chi connectivity index (χ3n) is 6.27. The van der Waals surface area contributed by atoms with Crippen LogP contribution in [-0.4, -0.2) is 73.9 Å². The van der Waals surface area contributed by atoms with Gasteiger partial charge in [0.15, 0.2) is 5.96 Å². The third kappa shape index (κ3) is 4.69. The molecule has 2 aliphatic carbocycles. The van der Waals surface area contributed by atoms with Gasteiger partial charge < -0.3 is 15.5 Å². The molecule has 0 aromatic carbocycles. The Morgan fingerprint density at radius 3 is 2.29 bits per heavy atom. The smallest absolute Gasteiger partial charge is 0.233 e. The van der Waals surface area contributed by atoms with E-state index in [2.05, 4.69) is 53.6 Å². The van der Waals surface area contributed by atoms with Gasteiger partial charge in [-0.1, -0.05) is 12.2 Å². The molecular formula is C20H34IN5O2. The van der Waals surface area contributed by atoms with E-state index in [0.29, 0.717) is 19.1 Å². The first-order valence-electron chi connectivity index (χ1n) is 10.1. The van der Waals surface area contributed by atoms with Gasteiger partial charge in [0.1, 0.15) is 0 Å². The zero-order chi connectivity index (χ0) is 19.6. The number of likely N-dealkylation sites (N-methyl/N-ethyl adjacent to an activating group) is 1. The minimum absolute atomic E-state index is 0. The molecule has 7 nitrogen and oxygen atoms in total. The minimum Gasteiger partial charge on any atom is -0.356 e. The van der Waals surface area contributed by atoms with Gasteiger partial charge in [0.05, 0.1) is 11.8 Å². The molecule has 3 aliphatic rings. The molecule has 0 radical (unpaired) electrons. The molecule has 2 amide bonds. The van der Waals surface area contributed by atoms with E-state index in [1.54, 1.807) is 7.05 Å². The molecule has 1 saturated carbocycles. The van der Waals surface area contributed by atoms with Crippen LogP contribution in [0.3, 0.4) is 0 Å². The van der Waals surface area contributed by atoms with Crippen molar-refractivity contribution in [2.24, 2.45) is 28.7 Å². The Kier molecular flexibility index (Phi) is 8.30. The number of hydrogen-bond acceptors (Lipinski definition) is 4. The van der Waals surface area contributed by atoms with Crippen molar-refractivity contribution in [1.82, 2.24) is 20.4 Å². The number of hydrogen-bond donors (Lipinski definition) is 2. The highest BCUT2D eigenvalue weighted by Gasteiger charge is 2.58. The summed E-state index contributed by atoms with van der Waals surface area (Å²) in [5, 5.41) is 6.56. The minimum atomic E-state index is -0.0900. The largest absolute Gasteiger partial charge is 0.356 e. The SMILES string of the molecule is CN=C(NCCCN1C(=O)C2C3C=CC(C3)C2C1=O)NCCN(C)C(C)C.I. The van der Waals surface area contributed by atoms with Crippen LogP contribution in [0.25, 0.3) is 0 Å². The number of carbonyl (C=O) groups is 2. The highest BCUT2D eigenvalue weighted by Crippen LogP contribution is 2.52. The maximum atomic E-state index is 12.6. The van der Waals surface area contributed by atoms with Crippen LogP contribution in [-0.2, 0) is 9.59 Å². The molecule has 3 rings (SSSR count). The number of halogens is 1. The van der Waals surface area contributed by atoms with Gasteiger partial charge in [0.25, 0.3) is 0 Å². The summed E-state index contributed by atoms with van der Waals surface area (Å²) in [6.45, 7) is 7.26. The van der Waals surface area contributed by atoms with E-state index in [-0.39, 0.29) is 59.5 Å². The Hall–Kier alpha value is -1.16. The van der Waals surface area contributed by atoms with E-state index >= 15 is 0 Å². The first-order chi connectivity index (χ1) is 12.9. The summed E-state index contributed by atoms with van der Waals surface area (Å²) in [6, 6.07) is 0.516. The Bertz CT molecular complexity index is 606. The summed E-state index contributed by atoms with van der Waals surface area (Å²) in [4.78, 5) is 33.3. The second kappa shape index (κ2) is 10.0. The van der Waals surface area contributed by atoms with E-state index in [4.69, 9.17) is 0 Å². The van der Waals surface area contributed by atoms with Crippen LogP contribution in [0.5, 0.6) is 0 Å². The lowest BCUT2D eigenvalue weighted by atomic mass is 9.85. The molecular weight excluding hydrogens is 469 g/mol. The number of imide groups is 1. The van der Waals surface area contributed by atoms with Gasteiger partial charge in [0.2, 0.25) is 11.8 Å². The Morgan fingerprint density at radius 1 is 1.18 bits per heavy atom. The first kappa shape index (κ1) is 23.1. The van der Waals surface area contributed by atoms with Crippen LogP contribution in [0, 0.1) is 23.7 Å². The highest BCUT2D eigenvalue weighted by molar-refractivity contribution is 14.0. The first-order valence-corrected chi connectivity index (χ1v) is 10.1. The van der Waals surface area contributed by atoms with Crippen LogP contribution < -0.4 is 10.6 Å². The number of rotatable bonds is 8. The average molecular weight is 503 g/mol. The van der Waals surface area contributed by atoms with Crippen molar-refractivity contribution in [2.75, 3.05) is 40.3 Å². The fraction of sp³-hybridized carbons (Fsp3) is 0.750. The number of nitrogens with zero attached hydrogens (tertiary/aromatic N) is 3. The normalized spacial score (nSPS) is 28.4. The van der Waals surface area contributed by atoms with Gasteiger partial charge in [-0.3, -0.25) is 19.5 Å². The highest BCUT2D eigenvalue weighted by atomic mass is 127. The number of likely N-dealkylation sites (tertiary alicyclic amines) is 1. The maximum absolute atomic E-state index is 12.6. The molecule has 4 unspecified atom stereocenters. The van der Waals surface area contributed by atoms with Gasteiger partial charge in [-0.15, -0.1) is 24.0 Å². The molecule has 4 atom stereocenters. The molecule has 2 fully saturated rings. The van der Waals surface area contributed by atoms with Crippen molar-refractivity contribution >= 4 is 41.8 Å². The van der Waals surface area contributed by atoms with Gasteiger partial charge in [0, 0.05) is 39.3 Å². The lowest BCUT2D eigenvalue weighted by Crippen LogP contribution is -2.43. The van der Waals surface area contributed by atoms with Crippen molar-refractivity contribution in [1.29, 1.82) is 0 Å². The average Bonchev–Trinajstić information content (AvgIpc) is 3.32. The van der Waals surface area contributed by atoms with Gasteiger partial charge in [-0.05, 0) is 45.6 Å². The summed E-state index contributed by atoms with van der Waals surface area (Å²) >= 11 is 0. The summed E-state index contributed by atoms with van der Waals surface area (Å²) < 4.78 is 0. The van der Waals surface area contributed by atoms with Crippen molar-refractivity contribution in [3.05, 3.63) is 12.2 Å². The maximum Gasteiger partial charge on any atom is 0.233 e. The number of nitrogens with one attached hydrogen (secondary N) is 2. The Labute approximate surface area is 185 Å². The lowest BCUT2D eigenvalue weighted by molar-refractivity contribution is -0.140. The summed E-state index contributed by atoms with van der Waals surface area (Å²) in [5.41, 5.74) is 0. The molecule has 8 heteroatoms. The number of guanidine groups is 1. The molecule has 0 aromatic heterocycles. The fourth-order valence-corrected chi connectivity index (χ4v) is 4.46. The Morgan fingerprint density at radius 2 is 1.75 bits per heavy atom. The second-order valence-corrected chi connectivity index (χ2v) is 8.18. The molecule has 1 aliphatic heterocycles. The lowest BCUT2D eigenvalue weighted by Gasteiger charge is -2.22. The molecule has 28 heavy (non-hydrogen) atoms. The number of amides is 2.